The second-order valence-electron chi connectivity index (χ2n) is 4.17. The number of unbranched alkanes of at least 4 members (excludes halogenated alkanes) is 1. The highest BCUT2D eigenvalue weighted by atomic mass is 15.3. The molecule has 0 radical (unpaired) electrons. The monoisotopic (exact) mass is 204 g/mol. The third kappa shape index (κ3) is 1.87. The summed E-state index contributed by atoms with van der Waals surface area (Å²) in [5.41, 5.74) is 0. The predicted molar refractivity (Wildman–Crippen MR) is 56.0 cm³/mol. The summed E-state index contributed by atoms with van der Waals surface area (Å²) < 4.78 is 1.96. The van der Waals surface area contributed by atoms with Crippen LogP contribution in [0.5, 0.6) is 0 Å². The number of hydrogen-bond acceptors (Lipinski definition) is 3. The summed E-state index contributed by atoms with van der Waals surface area (Å²) in [6.45, 7) is 3.15. The molecule has 0 spiro atoms. The first-order valence-corrected chi connectivity index (χ1v) is 5.61. The van der Waals surface area contributed by atoms with E-state index in [1.807, 2.05) is 4.68 Å². The lowest BCUT2D eigenvalue weighted by atomic mass is 9.88. The van der Waals surface area contributed by atoms with Crippen LogP contribution in [0.4, 0.5) is 0 Å². The highest BCUT2D eigenvalue weighted by molar-refractivity contribution is 5.07. The lowest BCUT2D eigenvalue weighted by Crippen LogP contribution is -2.09. The van der Waals surface area contributed by atoms with Gasteiger partial charge in [0.25, 0.3) is 0 Å². The van der Waals surface area contributed by atoms with E-state index in [1.54, 1.807) is 6.33 Å². The van der Waals surface area contributed by atoms with E-state index in [1.165, 1.54) is 19.3 Å². The van der Waals surface area contributed by atoms with Crippen molar-refractivity contribution in [1.82, 2.24) is 14.8 Å². The summed E-state index contributed by atoms with van der Waals surface area (Å²) in [6, 6.07) is 2.27. The Morgan fingerprint density at radius 3 is 3.27 bits per heavy atom. The van der Waals surface area contributed by atoms with Crippen LogP contribution in [0.3, 0.4) is 0 Å². The molecule has 0 saturated heterocycles. The van der Waals surface area contributed by atoms with Gasteiger partial charge in [-0.1, -0.05) is 19.8 Å². The minimum atomic E-state index is 0.309. The molecule has 2 atom stereocenters. The van der Waals surface area contributed by atoms with Crippen LogP contribution in [0, 0.1) is 17.2 Å². The number of rotatable bonds is 4. The highest BCUT2D eigenvalue weighted by Crippen LogP contribution is 2.36. The molecule has 1 aliphatic rings. The zero-order valence-corrected chi connectivity index (χ0v) is 9.06. The van der Waals surface area contributed by atoms with Crippen molar-refractivity contribution in [2.75, 3.05) is 0 Å². The first-order chi connectivity index (χ1) is 7.36. The van der Waals surface area contributed by atoms with Gasteiger partial charge < -0.3 is 0 Å². The van der Waals surface area contributed by atoms with Gasteiger partial charge in [-0.05, 0) is 12.3 Å². The summed E-state index contributed by atoms with van der Waals surface area (Å²) in [5, 5.41) is 13.0. The zero-order valence-electron chi connectivity index (χ0n) is 9.06. The molecular weight excluding hydrogens is 188 g/mol. The molecule has 2 unspecified atom stereocenters. The Hall–Kier alpha value is -1.37. The molecule has 0 saturated carbocycles. The molecule has 0 amide bonds. The Labute approximate surface area is 89.9 Å². The fraction of sp³-hybridized carbons (Fsp3) is 0.727. The molecule has 4 heteroatoms. The molecular formula is C11H16N4. The van der Waals surface area contributed by atoms with Gasteiger partial charge in [-0.25, -0.2) is 9.67 Å². The Kier molecular flexibility index (Phi) is 3.00. The third-order valence-corrected chi connectivity index (χ3v) is 3.19. The van der Waals surface area contributed by atoms with Crippen molar-refractivity contribution >= 4 is 0 Å². The predicted octanol–water partition coefficient (Wildman–Crippen LogP) is 2.10. The quantitative estimate of drug-likeness (QED) is 0.754. The van der Waals surface area contributed by atoms with Gasteiger partial charge >= 0.3 is 0 Å². The van der Waals surface area contributed by atoms with Crippen molar-refractivity contribution in [2.45, 2.75) is 45.1 Å². The van der Waals surface area contributed by atoms with E-state index in [0.29, 0.717) is 18.3 Å². The second kappa shape index (κ2) is 4.43. The molecule has 80 valence electrons. The van der Waals surface area contributed by atoms with Gasteiger partial charge in [0, 0.05) is 18.9 Å². The van der Waals surface area contributed by atoms with E-state index in [0.717, 1.165) is 12.4 Å². The molecule has 4 nitrogen and oxygen atoms in total. The summed E-state index contributed by atoms with van der Waals surface area (Å²) in [4.78, 5) is 4.26. The average Bonchev–Trinajstić information content (AvgIpc) is 2.78. The van der Waals surface area contributed by atoms with Crippen LogP contribution in [0.25, 0.3) is 0 Å². The van der Waals surface area contributed by atoms with Crippen molar-refractivity contribution in [1.29, 1.82) is 5.26 Å². The fourth-order valence-corrected chi connectivity index (χ4v) is 2.38. The van der Waals surface area contributed by atoms with Crippen molar-refractivity contribution in [3.05, 3.63) is 12.2 Å². The minimum absolute atomic E-state index is 0.309. The van der Waals surface area contributed by atoms with E-state index in [2.05, 4.69) is 23.1 Å². The van der Waals surface area contributed by atoms with Gasteiger partial charge in [0.2, 0.25) is 0 Å². The van der Waals surface area contributed by atoms with Crippen molar-refractivity contribution < 1.29 is 0 Å². The SMILES string of the molecule is CCCCC1Cn2ncnc2C1CC#N. The number of aromatic nitrogens is 3. The molecule has 0 aromatic carbocycles. The van der Waals surface area contributed by atoms with Crippen LogP contribution in [-0.4, -0.2) is 14.8 Å². The lowest BCUT2D eigenvalue weighted by molar-refractivity contribution is 0.386. The first kappa shape index (κ1) is 10.2. The second-order valence-corrected chi connectivity index (χ2v) is 4.17. The van der Waals surface area contributed by atoms with Crippen LogP contribution in [0.2, 0.25) is 0 Å². The summed E-state index contributed by atoms with van der Waals surface area (Å²) >= 11 is 0. The van der Waals surface area contributed by atoms with Crippen molar-refractivity contribution in [3.63, 3.8) is 0 Å². The van der Waals surface area contributed by atoms with Crippen LogP contribution < -0.4 is 0 Å². The standard InChI is InChI=1S/C11H16N4/c1-2-3-4-9-7-15-11(13-8-14-15)10(9)5-6-12/h8-10H,2-5,7H2,1H3. The fourth-order valence-electron chi connectivity index (χ4n) is 2.38. The maximum atomic E-state index is 8.83. The minimum Gasteiger partial charge on any atom is -0.249 e. The summed E-state index contributed by atoms with van der Waals surface area (Å²) in [6.07, 6.45) is 5.81. The average molecular weight is 204 g/mol. The molecule has 1 aromatic heterocycles. The summed E-state index contributed by atoms with van der Waals surface area (Å²) in [5.74, 6) is 1.89. The smallest absolute Gasteiger partial charge is 0.138 e. The lowest BCUT2D eigenvalue weighted by Gasteiger charge is -2.14. The first-order valence-electron chi connectivity index (χ1n) is 5.61. The number of hydrogen-bond donors (Lipinski definition) is 0. The maximum absolute atomic E-state index is 8.83. The Morgan fingerprint density at radius 2 is 2.53 bits per heavy atom. The van der Waals surface area contributed by atoms with Gasteiger partial charge in [-0.15, -0.1) is 0 Å². The topological polar surface area (TPSA) is 54.5 Å². The molecule has 1 aromatic rings. The largest absolute Gasteiger partial charge is 0.249 e. The number of nitrogens with zero attached hydrogens (tertiary/aromatic N) is 4. The molecule has 15 heavy (non-hydrogen) atoms. The van der Waals surface area contributed by atoms with E-state index in [9.17, 15) is 0 Å². The van der Waals surface area contributed by atoms with Gasteiger partial charge in [0.05, 0.1) is 6.07 Å². The zero-order chi connectivity index (χ0) is 10.7. The van der Waals surface area contributed by atoms with Crippen molar-refractivity contribution in [2.24, 2.45) is 5.92 Å². The molecule has 1 aliphatic heterocycles. The number of fused-ring (bicyclic) bond motifs is 1. The molecule has 0 aliphatic carbocycles. The van der Waals surface area contributed by atoms with Crippen LogP contribution in [0.15, 0.2) is 6.33 Å². The van der Waals surface area contributed by atoms with Crippen molar-refractivity contribution in [3.8, 4) is 6.07 Å². The van der Waals surface area contributed by atoms with Gasteiger partial charge in [-0.2, -0.15) is 10.4 Å². The Morgan fingerprint density at radius 1 is 1.67 bits per heavy atom. The van der Waals surface area contributed by atoms with E-state index in [4.69, 9.17) is 5.26 Å². The van der Waals surface area contributed by atoms with Crippen LogP contribution in [-0.2, 0) is 6.54 Å². The van der Waals surface area contributed by atoms with Gasteiger partial charge in [0.15, 0.2) is 0 Å². The molecule has 2 heterocycles. The van der Waals surface area contributed by atoms with E-state index in [-0.39, 0.29) is 0 Å². The molecule has 2 rings (SSSR count). The van der Waals surface area contributed by atoms with Gasteiger partial charge in [0.1, 0.15) is 12.2 Å². The normalized spacial score (nSPS) is 23.7. The molecule has 0 fully saturated rings. The van der Waals surface area contributed by atoms with E-state index < -0.39 is 0 Å². The molecule has 0 bridgehead atoms. The molecule has 0 N–H and O–H groups in total. The highest BCUT2D eigenvalue weighted by Gasteiger charge is 2.33. The Bertz CT molecular complexity index is 363. The van der Waals surface area contributed by atoms with E-state index >= 15 is 0 Å². The van der Waals surface area contributed by atoms with Crippen LogP contribution in [0.1, 0.15) is 44.3 Å². The maximum Gasteiger partial charge on any atom is 0.138 e. The summed E-state index contributed by atoms with van der Waals surface area (Å²) in [7, 11) is 0. The number of nitriles is 1. The van der Waals surface area contributed by atoms with Crippen LogP contribution >= 0.6 is 0 Å². The third-order valence-electron chi connectivity index (χ3n) is 3.19. The Balaban J connectivity index is 2.09. The van der Waals surface area contributed by atoms with Gasteiger partial charge in [-0.3, -0.25) is 0 Å².